The largest absolute Gasteiger partial charge is 0.456 e. The molecule has 44 heavy (non-hydrogen) atoms. The Balaban J connectivity index is 1.16. The first kappa shape index (κ1) is 24.9. The van der Waals surface area contributed by atoms with E-state index in [2.05, 4.69) is 91.0 Å². The number of hydrogen-bond donors (Lipinski definition) is 0. The molecule has 0 fully saturated rings. The molecule has 5 heteroatoms. The Labute approximate surface area is 256 Å². The molecule has 0 aliphatic rings. The van der Waals surface area contributed by atoms with Crippen molar-refractivity contribution in [3.63, 3.8) is 0 Å². The van der Waals surface area contributed by atoms with Crippen molar-refractivity contribution in [2.45, 2.75) is 0 Å². The standard InChI is InChI=1S/C39H23N3OS/c1-2-9-25(10-3-1)37-40-38(42-39(41-37)32-14-8-13-31-30-12-5-7-16-35(30)44-36(31)32)26-19-17-24(18-20-26)27-21-22-29-28-11-4-6-15-33(28)43-34(29)23-27/h1-23H. The van der Waals surface area contributed by atoms with Crippen LogP contribution in [0.4, 0.5) is 0 Å². The summed E-state index contributed by atoms with van der Waals surface area (Å²) in [6, 6.07) is 48.0. The Morgan fingerprint density at radius 2 is 1.02 bits per heavy atom. The van der Waals surface area contributed by atoms with E-state index in [1.807, 2.05) is 48.5 Å². The molecule has 9 rings (SSSR count). The van der Waals surface area contributed by atoms with Gasteiger partial charge >= 0.3 is 0 Å². The van der Waals surface area contributed by atoms with Gasteiger partial charge in [0, 0.05) is 47.6 Å². The van der Waals surface area contributed by atoms with Gasteiger partial charge in [0.2, 0.25) is 0 Å². The summed E-state index contributed by atoms with van der Waals surface area (Å²) < 4.78 is 8.58. The summed E-state index contributed by atoms with van der Waals surface area (Å²) >= 11 is 1.78. The molecule has 0 amide bonds. The predicted molar refractivity (Wildman–Crippen MR) is 182 cm³/mol. The molecular weight excluding hydrogens is 559 g/mol. The fourth-order valence-electron chi connectivity index (χ4n) is 5.98. The third-order valence-electron chi connectivity index (χ3n) is 8.17. The molecule has 0 N–H and O–H groups in total. The van der Waals surface area contributed by atoms with Crippen molar-refractivity contribution in [3.8, 4) is 45.3 Å². The van der Waals surface area contributed by atoms with Crippen molar-refractivity contribution in [1.29, 1.82) is 0 Å². The average Bonchev–Trinajstić information content (AvgIpc) is 3.66. The van der Waals surface area contributed by atoms with Gasteiger partial charge in [-0.3, -0.25) is 0 Å². The van der Waals surface area contributed by atoms with Crippen LogP contribution in [0, 0.1) is 0 Å². The fourth-order valence-corrected chi connectivity index (χ4v) is 7.19. The van der Waals surface area contributed by atoms with Gasteiger partial charge in [0.1, 0.15) is 11.2 Å². The van der Waals surface area contributed by atoms with E-state index in [1.165, 1.54) is 20.2 Å². The van der Waals surface area contributed by atoms with Gasteiger partial charge in [-0.1, -0.05) is 109 Å². The summed E-state index contributed by atoms with van der Waals surface area (Å²) in [5, 5.41) is 4.73. The second-order valence-electron chi connectivity index (χ2n) is 10.8. The number of rotatable bonds is 4. The summed E-state index contributed by atoms with van der Waals surface area (Å²) in [5.41, 5.74) is 6.89. The first-order chi connectivity index (χ1) is 21.8. The summed E-state index contributed by atoms with van der Waals surface area (Å²) in [5.74, 6) is 1.97. The average molecular weight is 582 g/mol. The Bertz CT molecular complexity index is 2490. The van der Waals surface area contributed by atoms with Crippen LogP contribution < -0.4 is 0 Å². The van der Waals surface area contributed by atoms with Gasteiger partial charge in [-0.2, -0.15) is 0 Å². The maximum absolute atomic E-state index is 6.14. The zero-order chi connectivity index (χ0) is 29.0. The molecule has 4 nitrogen and oxygen atoms in total. The van der Waals surface area contributed by atoms with Gasteiger partial charge in [0.15, 0.2) is 17.5 Å². The van der Waals surface area contributed by atoms with Crippen LogP contribution >= 0.6 is 11.3 Å². The van der Waals surface area contributed by atoms with E-state index < -0.39 is 0 Å². The summed E-state index contributed by atoms with van der Waals surface area (Å²) in [6.45, 7) is 0. The van der Waals surface area contributed by atoms with Crippen LogP contribution in [0.3, 0.4) is 0 Å². The minimum Gasteiger partial charge on any atom is -0.456 e. The van der Waals surface area contributed by atoms with Crippen LogP contribution in [-0.2, 0) is 0 Å². The van der Waals surface area contributed by atoms with Gasteiger partial charge in [0.05, 0.1) is 0 Å². The molecule has 0 aliphatic carbocycles. The smallest absolute Gasteiger partial charge is 0.165 e. The molecule has 0 spiro atoms. The van der Waals surface area contributed by atoms with Crippen LogP contribution in [0.2, 0.25) is 0 Å². The van der Waals surface area contributed by atoms with E-state index in [-0.39, 0.29) is 0 Å². The molecule has 0 saturated heterocycles. The zero-order valence-corrected chi connectivity index (χ0v) is 24.3. The topological polar surface area (TPSA) is 51.8 Å². The number of thiophene rings is 1. The van der Waals surface area contributed by atoms with Crippen molar-refractivity contribution in [2.24, 2.45) is 0 Å². The lowest BCUT2D eigenvalue weighted by atomic mass is 10.0. The van der Waals surface area contributed by atoms with Crippen molar-refractivity contribution >= 4 is 53.4 Å². The van der Waals surface area contributed by atoms with Crippen molar-refractivity contribution < 1.29 is 4.42 Å². The highest BCUT2D eigenvalue weighted by atomic mass is 32.1. The molecule has 0 atom stereocenters. The first-order valence-electron chi connectivity index (χ1n) is 14.5. The van der Waals surface area contributed by atoms with E-state index in [0.717, 1.165) is 49.8 Å². The highest BCUT2D eigenvalue weighted by Gasteiger charge is 2.17. The van der Waals surface area contributed by atoms with Crippen LogP contribution in [0.25, 0.3) is 87.4 Å². The molecule has 3 heterocycles. The SMILES string of the molecule is c1ccc(-c2nc(-c3ccc(-c4ccc5c(c4)oc4ccccc45)cc3)nc(-c3cccc4c3sc3ccccc34)n2)cc1. The molecule has 0 radical (unpaired) electrons. The van der Waals surface area contributed by atoms with Gasteiger partial charge in [0.25, 0.3) is 0 Å². The predicted octanol–water partition coefficient (Wildman–Crippen LogP) is 10.8. The van der Waals surface area contributed by atoms with Gasteiger partial charge < -0.3 is 4.42 Å². The van der Waals surface area contributed by atoms with Crippen LogP contribution in [-0.4, -0.2) is 15.0 Å². The molecule has 0 saturated carbocycles. The van der Waals surface area contributed by atoms with Crippen molar-refractivity contribution in [3.05, 3.63) is 140 Å². The maximum Gasteiger partial charge on any atom is 0.165 e. The molecule has 0 aliphatic heterocycles. The Morgan fingerprint density at radius 3 is 1.86 bits per heavy atom. The first-order valence-corrected chi connectivity index (χ1v) is 15.3. The molecule has 9 aromatic rings. The van der Waals surface area contributed by atoms with E-state index in [4.69, 9.17) is 19.4 Å². The van der Waals surface area contributed by atoms with Crippen LogP contribution in [0.1, 0.15) is 0 Å². The van der Waals surface area contributed by atoms with E-state index >= 15 is 0 Å². The highest BCUT2D eigenvalue weighted by Crippen LogP contribution is 2.39. The summed E-state index contributed by atoms with van der Waals surface area (Å²) in [7, 11) is 0. The Morgan fingerprint density at radius 1 is 0.409 bits per heavy atom. The molecule has 6 aromatic carbocycles. The third-order valence-corrected chi connectivity index (χ3v) is 9.39. The maximum atomic E-state index is 6.14. The van der Waals surface area contributed by atoms with Gasteiger partial charge in [-0.15, -0.1) is 11.3 Å². The number of fused-ring (bicyclic) bond motifs is 6. The number of benzene rings is 6. The lowest BCUT2D eigenvalue weighted by Crippen LogP contribution is -2.00. The minimum absolute atomic E-state index is 0.645. The lowest BCUT2D eigenvalue weighted by molar-refractivity contribution is 0.669. The Hall–Kier alpha value is -5.65. The third kappa shape index (κ3) is 4.09. The zero-order valence-electron chi connectivity index (χ0n) is 23.4. The van der Waals surface area contributed by atoms with E-state index in [0.29, 0.717) is 17.5 Å². The molecule has 206 valence electrons. The fraction of sp³-hybridized carbons (Fsp3) is 0. The second-order valence-corrected chi connectivity index (χ2v) is 11.9. The quantitative estimate of drug-likeness (QED) is 0.207. The number of hydrogen-bond acceptors (Lipinski definition) is 5. The summed E-state index contributed by atoms with van der Waals surface area (Å²) in [4.78, 5) is 15.0. The highest BCUT2D eigenvalue weighted by molar-refractivity contribution is 7.26. The van der Waals surface area contributed by atoms with E-state index in [9.17, 15) is 0 Å². The number of aromatic nitrogens is 3. The summed E-state index contributed by atoms with van der Waals surface area (Å²) in [6.07, 6.45) is 0. The number of nitrogens with zero attached hydrogens (tertiary/aromatic N) is 3. The van der Waals surface area contributed by atoms with Crippen molar-refractivity contribution in [1.82, 2.24) is 15.0 Å². The molecule has 0 bridgehead atoms. The van der Waals surface area contributed by atoms with Gasteiger partial charge in [-0.05, 0) is 41.5 Å². The monoisotopic (exact) mass is 581 g/mol. The van der Waals surface area contributed by atoms with Crippen molar-refractivity contribution in [2.75, 3.05) is 0 Å². The second kappa shape index (κ2) is 9.97. The molecule has 3 aromatic heterocycles. The van der Waals surface area contributed by atoms with Gasteiger partial charge in [-0.25, -0.2) is 15.0 Å². The number of furan rings is 1. The normalized spacial score (nSPS) is 11.6. The van der Waals surface area contributed by atoms with Crippen LogP contribution in [0.15, 0.2) is 144 Å². The van der Waals surface area contributed by atoms with E-state index in [1.54, 1.807) is 11.3 Å². The molecule has 0 unspecified atom stereocenters. The molecular formula is C39H23N3OS. The lowest BCUT2D eigenvalue weighted by Gasteiger charge is -2.10. The minimum atomic E-state index is 0.645. The number of para-hydroxylation sites is 1. The Kier molecular flexibility index (Phi) is 5.64. The van der Waals surface area contributed by atoms with Crippen LogP contribution in [0.5, 0.6) is 0 Å².